The van der Waals surface area contributed by atoms with Crippen LogP contribution in [0.5, 0.6) is 0 Å². The summed E-state index contributed by atoms with van der Waals surface area (Å²) < 4.78 is 0. The van der Waals surface area contributed by atoms with Crippen LogP contribution in [0.3, 0.4) is 0 Å². The molecule has 2 saturated heterocycles. The van der Waals surface area contributed by atoms with Gasteiger partial charge in [-0.2, -0.15) is 5.10 Å². The maximum atomic E-state index is 12.9. The minimum atomic E-state index is 0. The van der Waals surface area contributed by atoms with E-state index >= 15 is 0 Å². The van der Waals surface area contributed by atoms with Crippen LogP contribution < -0.4 is 10.2 Å². The number of hydrogen-bond donors (Lipinski definition) is 1. The van der Waals surface area contributed by atoms with E-state index in [1.807, 2.05) is 12.1 Å². The van der Waals surface area contributed by atoms with Crippen LogP contribution in [0.2, 0.25) is 0 Å². The summed E-state index contributed by atoms with van der Waals surface area (Å²) >= 11 is 0. The lowest BCUT2D eigenvalue weighted by atomic mass is 9.91. The summed E-state index contributed by atoms with van der Waals surface area (Å²) in [5.41, 5.74) is 0.333. The highest BCUT2D eigenvalue weighted by atomic mass is 35.5. The molecule has 0 aromatic carbocycles. The number of rotatable bonds is 2. The zero-order valence-electron chi connectivity index (χ0n) is 14.4. The van der Waals surface area contributed by atoms with Crippen LogP contribution in [0.1, 0.15) is 25.7 Å². The van der Waals surface area contributed by atoms with E-state index in [0.717, 1.165) is 57.9 Å². The maximum absolute atomic E-state index is 12.9. The molecule has 1 unspecified atom stereocenters. The molecule has 6 nitrogen and oxygen atoms in total. The van der Waals surface area contributed by atoms with E-state index in [-0.39, 0.29) is 30.7 Å². The number of carbonyl (C=O) groups excluding carboxylic acids is 1. The van der Waals surface area contributed by atoms with Crippen LogP contribution >= 0.6 is 24.8 Å². The van der Waals surface area contributed by atoms with Gasteiger partial charge >= 0.3 is 0 Å². The summed E-state index contributed by atoms with van der Waals surface area (Å²) in [7, 11) is 0. The van der Waals surface area contributed by atoms with Crippen molar-refractivity contribution < 1.29 is 4.79 Å². The molecule has 8 heteroatoms. The first-order chi connectivity index (χ1) is 11.3. The first-order valence-corrected chi connectivity index (χ1v) is 8.81. The molecule has 1 atom stereocenters. The van der Waals surface area contributed by atoms with Crippen LogP contribution in [-0.2, 0) is 4.79 Å². The zero-order chi connectivity index (χ0) is 15.7. The van der Waals surface area contributed by atoms with E-state index in [9.17, 15) is 4.79 Å². The van der Waals surface area contributed by atoms with Crippen molar-refractivity contribution in [2.75, 3.05) is 44.2 Å². The maximum Gasteiger partial charge on any atom is 0.226 e. The quantitative estimate of drug-likeness (QED) is 0.837. The molecule has 4 rings (SSSR count). The molecule has 140 valence electrons. The first-order valence-electron chi connectivity index (χ1n) is 8.81. The molecular weight excluding hydrogens is 361 g/mol. The van der Waals surface area contributed by atoms with Gasteiger partial charge in [0.05, 0.1) is 0 Å². The van der Waals surface area contributed by atoms with Crippen molar-refractivity contribution in [3.63, 3.8) is 0 Å². The largest absolute Gasteiger partial charge is 0.353 e. The van der Waals surface area contributed by atoms with Gasteiger partial charge in [-0.1, -0.05) is 0 Å². The van der Waals surface area contributed by atoms with Crippen molar-refractivity contribution >= 4 is 36.5 Å². The predicted molar refractivity (Wildman–Crippen MR) is 103 cm³/mol. The number of nitrogens with one attached hydrogen (secondary N) is 1. The number of amides is 1. The Balaban J connectivity index is 0.00000113. The van der Waals surface area contributed by atoms with Gasteiger partial charge in [-0.3, -0.25) is 4.79 Å². The Hall–Kier alpha value is -1.11. The molecule has 1 aromatic heterocycles. The van der Waals surface area contributed by atoms with Crippen molar-refractivity contribution in [1.82, 2.24) is 20.4 Å². The minimum absolute atomic E-state index is 0. The number of hydrogen-bond acceptors (Lipinski definition) is 5. The van der Waals surface area contributed by atoms with Crippen LogP contribution in [0.15, 0.2) is 18.3 Å². The third kappa shape index (κ3) is 4.18. The first kappa shape index (κ1) is 20.2. The monoisotopic (exact) mass is 387 g/mol. The van der Waals surface area contributed by atoms with Crippen molar-refractivity contribution in [3.8, 4) is 0 Å². The van der Waals surface area contributed by atoms with Gasteiger partial charge in [0.2, 0.25) is 5.91 Å². The molecule has 2 aliphatic heterocycles. The summed E-state index contributed by atoms with van der Waals surface area (Å²) in [6.45, 7) is 5.63. The molecule has 0 radical (unpaired) electrons. The van der Waals surface area contributed by atoms with E-state index in [1.54, 1.807) is 6.20 Å². The molecule has 1 amide bonds. The van der Waals surface area contributed by atoms with Gasteiger partial charge in [-0.25, -0.2) is 0 Å². The third-order valence-electron chi connectivity index (χ3n) is 5.78. The highest BCUT2D eigenvalue weighted by Crippen LogP contribution is 2.59. The van der Waals surface area contributed by atoms with Gasteiger partial charge < -0.3 is 15.1 Å². The molecule has 3 fully saturated rings. The molecule has 0 bridgehead atoms. The average Bonchev–Trinajstić information content (AvgIpc) is 3.34. The van der Waals surface area contributed by atoms with Gasteiger partial charge in [-0.15, -0.1) is 29.9 Å². The second kappa shape index (κ2) is 8.52. The Bertz CT molecular complexity index is 567. The minimum Gasteiger partial charge on any atom is -0.353 e. The van der Waals surface area contributed by atoms with E-state index in [2.05, 4.69) is 25.3 Å². The Morgan fingerprint density at radius 1 is 1.16 bits per heavy atom. The number of aromatic nitrogens is 2. The second-order valence-electron chi connectivity index (χ2n) is 7.12. The molecule has 25 heavy (non-hydrogen) atoms. The molecule has 1 aliphatic carbocycles. The van der Waals surface area contributed by atoms with E-state index in [1.165, 1.54) is 12.8 Å². The van der Waals surface area contributed by atoms with Gasteiger partial charge in [0.25, 0.3) is 0 Å². The van der Waals surface area contributed by atoms with Gasteiger partial charge in [0.1, 0.15) is 0 Å². The van der Waals surface area contributed by atoms with Crippen LogP contribution in [0, 0.1) is 11.3 Å². The topological polar surface area (TPSA) is 61.4 Å². The molecule has 1 saturated carbocycles. The number of piperidine rings is 1. The van der Waals surface area contributed by atoms with E-state index < -0.39 is 0 Å². The summed E-state index contributed by atoms with van der Waals surface area (Å²) in [5, 5.41) is 11.6. The standard InChI is InChI=1S/C17H25N5O.2ClH/c23-16(14-13-17(14)4-7-18-8-5-17)22-10-2-9-21(11-12-22)15-3-1-6-19-20-15;;/h1,3,6,14,18H,2,4-5,7-13H2;2*1H. The van der Waals surface area contributed by atoms with E-state index in [0.29, 0.717) is 11.3 Å². The second-order valence-corrected chi connectivity index (χ2v) is 7.12. The van der Waals surface area contributed by atoms with Gasteiger partial charge in [0, 0.05) is 38.3 Å². The van der Waals surface area contributed by atoms with Crippen molar-refractivity contribution in [1.29, 1.82) is 0 Å². The molecular formula is C17H27Cl2N5O. The van der Waals surface area contributed by atoms with Gasteiger partial charge in [0.15, 0.2) is 5.82 Å². The van der Waals surface area contributed by atoms with Crippen LogP contribution in [0.25, 0.3) is 0 Å². The lowest BCUT2D eigenvalue weighted by Crippen LogP contribution is -2.38. The fraction of sp³-hybridized carbons (Fsp3) is 0.706. The van der Waals surface area contributed by atoms with E-state index in [4.69, 9.17) is 0 Å². The lowest BCUT2D eigenvalue weighted by Gasteiger charge is -2.26. The Labute approximate surface area is 161 Å². The smallest absolute Gasteiger partial charge is 0.226 e. The predicted octanol–water partition coefficient (Wildman–Crippen LogP) is 1.75. The van der Waals surface area contributed by atoms with Crippen LogP contribution in [0.4, 0.5) is 5.82 Å². The molecule has 1 aromatic rings. The highest BCUT2D eigenvalue weighted by molar-refractivity contribution is 5.85. The van der Waals surface area contributed by atoms with Crippen molar-refractivity contribution in [3.05, 3.63) is 18.3 Å². The molecule has 3 aliphatic rings. The van der Waals surface area contributed by atoms with Gasteiger partial charge in [-0.05, 0) is 56.3 Å². The SMILES string of the molecule is Cl.Cl.O=C(C1CC12CCNCC2)N1CCCN(c2cccnn2)CC1. The highest BCUT2D eigenvalue weighted by Gasteiger charge is 2.58. The number of nitrogens with zero attached hydrogens (tertiary/aromatic N) is 4. The third-order valence-corrected chi connectivity index (χ3v) is 5.78. The number of anilines is 1. The molecule has 1 N–H and O–H groups in total. The number of halogens is 2. The zero-order valence-corrected chi connectivity index (χ0v) is 16.0. The van der Waals surface area contributed by atoms with Crippen molar-refractivity contribution in [2.45, 2.75) is 25.7 Å². The summed E-state index contributed by atoms with van der Waals surface area (Å²) in [6, 6.07) is 3.91. The Kier molecular flexibility index (Phi) is 6.88. The summed E-state index contributed by atoms with van der Waals surface area (Å²) in [5.74, 6) is 1.60. The molecule has 3 heterocycles. The summed E-state index contributed by atoms with van der Waals surface area (Å²) in [4.78, 5) is 17.2. The Morgan fingerprint density at radius 3 is 2.68 bits per heavy atom. The summed E-state index contributed by atoms with van der Waals surface area (Å²) in [6.07, 6.45) is 6.15. The Morgan fingerprint density at radius 2 is 1.96 bits per heavy atom. The normalized spacial score (nSPS) is 24.7. The fourth-order valence-corrected chi connectivity index (χ4v) is 4.22. The molecule has 1 spiro atoms. The number of carbonyl (C=O) groups is 1. The average molecular weight is 388 g/mol. The fourth-order valence-electron chi connectivity index (χ4n) is 4.22. The van der Waals surface area contributed by atoms with Crippen LogP contribution in [-0.4, -0.2) is 60.3 Å². The lowest BCUT2D eigenvalue weighted by molar-refractivity contribution is -0.133. The van der Waals surface area contributed by atoms with Crippen molar-refractivity contribution in [2.24, 2.45) is 11.3 Å².